The molecule has 6 N–H and O–H groups in total. The number of methoxy groups -OCH3 is 1. The summed E-state index contributed by atoms with van der Waals surface area (Å²) in [5.74, 6) is -2.93. The van der Waals surface area contributed by atoms with E-state index in [2.05, 4.69) is 25.0 Å². The highest BCUT2D eigenvalue weighted by Gasteiger charge is 2.17. The van der Waals surface area contributed by atoms with Gasteiger partial charge < -0.3 is 21.5 Å². The van der Waals surface area contributed by atoms with Gasteiger partial charge in [0.1, 0.15) is 5.82 Å². The zero-order chi connectivity index (χ0) is 17.9. The van der Waals surface area contributed by atoms with Crippen molar-refractivity contribution in [2.45, 2.75) is 6.42 Å². The Bertz CT molecular complexity index is 866. The Morgan fingerprint density at radius 3 is 2.71 bits per heavy atom. The summed E-state index contributed by atoms with van der Waals surface area (Å²) in [5, 5.41) is 2.32. The average molecular weight is 336 g/mol. The molecule has 0 spiro atoms. The summed E-state index contributed by atoms with van der Waals surface area (Å²) in [4.78, 5) is 44.3. The molecule has 0 bridgehead atoms. The summed E-state index contributed by atoms with van der Waals surface area (Å²) >= 11 is 0. The van der Waals surface area contributed by atoms with Crippen molar-refractivity contribution in [3.63, 3.8) is 0 Å². The number of ether oxygens (including phenoxy) is 1. The van der Waals surface area contributed by atoms with Crippen LogP contribution in [0.4, 0.5) is 21.8 Å². The average Bonchev–Trinajstić information content (AvgIpc) is 2.50. The van der Waals surface area contributed by atoms with E-state index in [1.54, 1.807) is 0 Å². The van der Waals surface area contributed by atoms with Gasteiger partial charge in [0.25, 0.3) is 5.56 Å². The molecule has 1 amide bonds. The van der Waals surface area contributed by atoms with E-state index in [0.29, 0.717) is 0 Å². The number of pyridine rings is 1. The van der Waals surface area contributed by atoms with E-state index in [9.17, 15) is 18.8 Å². The number of anilines is 3. The lowest BCUT2D eigenvalue weighted by molar-refractivity contribution is -0.115. The molecule has 2 heterocycles. The standard InChI is InChI=1S/C13H13FN6O4/c1-24-12(23)9-7(14)2-5(4-17-9)18-8(21)3-6-10(15)19-13(16)20-11(6)22/h2,4H,3H2,1H3,(H,18,21)(H5,15,16,19,20,22). The molecule has 11 heteroatoms. The van der Waals surface area contributed by atoms with Gasteiger partial charge in [-0.2, -0.15) is 4.98 Å². The van der Waals surface area contributed by atoms with Crippen LogP contribution < -0.4 is 22.3 Å². The lowest BCUT2D eigenvalue weighted by Crippen LogP contribution is -2.24. The predicted octanol–water partition coefficient (Wildman–Crippen LogP) is -0.564. The molecule has 0 aromatic carbocycles. The number of carbonyl (C=O) groups is 2. The number of amides is 1. The van der Waals surface area contributed by atoms with E-state index in [1.165, 1.54) is 0 Å². The van der Waals surface area contributed by atoms with Crippen molar-refractivity contribution >= 4 is 29.3 Å². The second-order valence-corrected chi connectivity index (χ2v) is 4.59. The molecular weight excluding hydrogens is 323 g/mol. The van der Waals surface area contributed by atoms with Crippen molar-refractivity contribution < 1.29 is 18.7 Å². The molecule has 0 saturated heterocycles. The number of aromatic nitrogens is 3. The van der Waals surface area contributed by atoms with Gasteiger partial charge in [0, 0.05) is 6.07 Å². The molecule has 2 aromatic heterocycles. The van der Waals surface area contributed by atoms with Crippen molar-refractivity contribution in [2.75, 3.05) is 23.9 Å². The number of hydrogen-bond acceptors (Lipinski definition) is 8. The van der Waals surface area contributed by atoms with Crippen LogP contribution in [0.5, 0.6) is 0 Å². The number of halogens is 1. The van der Waals surface area contributed by atoms with Crippen LogP contribution in [0, 0.1) is 5.82 Å². The van der Waals surface area contributed by atoms with Gasteiger partial charge in [-0.25, -0.2) is 14.2 Å². The number of hydrogen-bond donors (Lipinski definition) is 4. The number of rotatable bonds is 4. The maximum Gasteiger partial charge on any atom is 0.359 e. The minimum Gasteiger partial charge on any atom is -0.464 e. The number of carbonyl (C=O) groups excluding carboxylic acids is 2. The second-order valence-electron chi connectivity index (χ2n) is 4.59. The molecule has 0 saturated carbocycles. The van der Waals surface area contributed by atoms with Gasteiger partial charge in [-0.1, -0.05) is 0 Å². The zero-order valence-electron chi connectivity index (χ0n) is 12.4. The van der Waals surface area contributed by atoms with Gasteiger partial charge in [-0.05, 0) is 0 Å². The fraction of sp³-hybridized carbons (Fsp3) is 0.154. The third kappa shape index (κ3) is 3.63. The van der Waals surface area contributed by atoms with E-state index in [0.717, 1.165) is 19.4 Å². The lowest BCUT2D eigenvalue weighted by Gasteiger charge is -2.07. The lowest BCUT2D eigenvalue weighted by atomic mass is 10.2. The Labute approximate surface area is 134 Å². The number of aromatic amines is 1. The quantitative estimate of drug-likeness (QED) is 0.539. The molecular formula is C13H13FN6O4. The first-order valence-electron chi connectivity index (χ1n) is 6.49. The number of nitrogens with zero attached hydrogens (tertiary/aromatic N) is 2. The van der Waals surface area contributed by atoms with E-state index in [4.69, 9.17) is 11.5 Å². The summed E-state index contributed by atoms with van der Waals surface area (Å²) in [6.45, 7) is 0. The van der Waals surface area contributed by atoms with E-state index in [-0.39, 0.29) is 23.0 Å². The van der Waals surface area contributed by atoms with Crippen molar-refractivity contribution in [1.29, 1.82) is 0 Å². The summed E-state index contributed by atoms with van der Waals surface area (Å²) < 4.78 is 18.1. The Hall–Kier alpha value is -3.50. The van der Waals surface area contributed by atoms with Gasteiger partial charge in [-0.15, -0.1) is 0 Å². The van der Waals surface area contributed by atoms with Crippen LogP contribution in [0.15, 0.2) is 17.1 Å². The number of esters is 1. The third-order valence-electron chi connectivity index (χ3n) is 2.91. The molecule has 0 atom stereocenters. The molecule has 2 rings (SSSR count). The highest BCUT2D eigenvalue weighted by molar-refractivity contribution is 5.93. The van der Waals surface area contributed by atoms with Crippen molar-refractivity contribution in [3.05, 3.63) is 39.7 Å². The topological polar surface area (TPSA) is 166 Å². The Morgan fingerprint density at radius 2 is 2.12 bits per heavy atom. The van der Waals surface area contributed by atoms with Gasteiger partial charge >= 0.3 is 5.97 Å². The zero-order valence-corrected chi connectivity index (χ0v) is 12.4. The number of nitrogens with two attached hydrogens (primary N) is 2. The first-order chi connectivity index (χ1) is 11.3. The SMILES string of the molecule is COC(=O)c1ncc(NC(=O)Cc2c(N)nc(N)[nH]c2=O)cc1F. The van der Waals surface area contributed by atoms with Gasteiger partial charge in [-0.3, -0.25) is 14.6 Å². The molecule has 10 nitrogen and oxygen atoms in total. The summed E-state index contributed by atoms with van der Waals surface area (Å²) in [7, 11) is 1.09. The summed E-state index contributed by atoms with van der Waals surface area (Å²) in [6, 6.07) is 0.895. The summed E-state index contributed by atoms with van der Waals surface area (Å²) in [6.07, 6.45) is 0.664. The molecule has 24 heavy (non-hydrogen) atoms. The minimum absolute atomic E-state index is 0.0106. The number of nitrogens with one attached hydrogen (secondary N) is 2. The van der Waals surface area contributed by atoms with E-state index < -0.39 is 35.4 Å². The van der Waals surface area contributed by atoms with Crippen LogP contribution in [0.1, 0.15) is 16.1 Å². The van der Waals surface area contributed by atoms with Crippen LogP contribution >= 0.6 is 0 Å². The fourth-order valence-corrected chi connectivity index (χ4v) is 1.82. The molecule has 0 aliphatic rings. The van der Waals surface area contributed by atoms with Crippen molar-refractivity contribution in [3.8, 4) is 0 Å². The first kappa shape index (κ1) is 16.9. The van der Waals surface area contributed by atoms with Gasteiger partial charge in [0.05, 0.1) is 31.0 Å². The minimum atomic E-state index is -0.967. The smallest absolute Gasteiger partial charge is 0.359 e. The predicted molar refractivity (Wildman–Crippen MR) is 81.6 cm³/mol. The normalized spacial score (nSPS) is 10.2. The van der Waals surface area contributed by atoms with E-state index >= 15 is 0 Å². The number of H-pyrrole nitrogens is 1. The van der Waals surface area contributed by atoms with Gasteiger partial charge in [0.2, 0.25) is 11.9 Å². The maximum absolute atomic E-state index is 13.7. The largest absolute Gasteiger partial charge is 0.464 e. The molecule has 0 aliphatic carbocycles. The Morgan fingerprint density at radius 1 is 1.42 bits per heavy atom. The molecule has 0 radical (unpaired) electrons. The van der Waals surface area contributed by atoms with Crippen LogP contribution in [0.25, 0.3) is 0 Å². The van der Waals surface area contributed by atoms with Crippen molar-refractivity contribution in [1.82, 2.24) is 15.0 Å². The third-order valence-corrected chi connectivity index (χ3v) is 2.91. The Balaban J connectivity index is 2.15. The molecule has 2 aromatic rings. The van der Waals surface area contributed by atoms with Crippen LogP contribution in [0.3, 0.4) is 0 Å². The molecule has 0 aliphatic heterocycles. The van der Waals surface area contributed by atoms with Gasteiger partial charge in [0.15, 0.2) is 11.5 Å². The van der Waals surface area contributed by atoms with E-state index in [1.807, 2.05) is 0 Å². The maximum atomic E-state index is 13.7. The second kappa shape index (κ2) is 6.73. The summed E-state index contributed by atoms with van der Waals surface area (Å²) in [5.41, 5.74) is 9.60. The molecule has 0 unspecified atom stereocenters. The van der Waals surface area contributed by atoms with Crippen molar-refractivity contribution in [2.24, 2.45) is 0 Å². The molecule has 126 valence electrons. The highest BCUT2D eigenvalue weighted by atomic mass is 19.1. The van der Waals surface area contributed by atoms with Crippen LogP contribution in [0.2, 0.25) is 0 Å². The molecule has 0 fully saturated rings. The highest BCUT2D eigenvalue weighted by Crippen LogP contribution is 2.13. The number of nitrogen functional groups attached to an aromatic ring is 2. The fourth-order valence-electron chi connectivity index (χ4n) is 1.82. The monoisotopic (exact) mass is 336 g/mol. The van der Waals surface area contributed by atoms with Crippen LogP contribution in [-0.4, -0.2) is 33.9 Å². The van der Waals surface area contributed by atoms with Crippen LogP contribution in [-0.2, 0) is 16.0 Å². The first-order valence-corrected chi connectivity index (χ1v) is 6.49. The Kier molecular flexibility index (Phi) is 4.73.